The maximum atomic E-state index is 12.3. The largest absolute Gasteiger partial charge is 0.497 e. The van der Waals surface area contributed by atoms with Gasteiger partial charge in [-0.15, -0.1) is 0 Å². The molecular formula is C19H16Br2N4O2. The number of benzene rings is 2. The van der Waals surface area contributed by atoms with Crippen molar-refractivity contribution in [2.45, 2.75) is 6.54 Å². The Kier molecular flexibility index (Phi) is 6.41. The molecule has 0 aliphatic rings. The highest BCUT2D eigenvalue weighted by Crippen LogP contribution is 2.17. The minimum absolute atomic E-state index is 0.273. The summed E-state index contributed by atoms with van der Waals surface area (Å²) in [5, 5.41) is 8.31. The van der Waals surface area contributed by atoms with Gasteiger partial charge in [0.2, 0.25) is 0 Å². The molecule has 27 heavy (non-hydrogen) atoms. The molecule has 0 unspecified atom stereocenters. The Hall–Kier alpha value is -2.45. The van der Waals surface area contributed by atoms with Gasteiger partial charge in [-0.3, -0.25) is 9.48 Å². The molecule has 0 radical (unpaired) electrons. The van der Waals surface area contributed by atoms with Gasteiger partial charge >= 0.3 is 0 Å². The lowest BCUT2D eigenvalue weighted by Crippen LogP contribution is -2.19. The molecule has 0 saturated heterocycles. The molecule has 1 heterocycles. The Morgan fingerprint density at radius 1 is 1.26 bits per heavy atom. The predicted octanol–water partition coefficient (Wildman–Crippen LogP) is 4.23. The summed E-state index contributed by atoms with van der Waals surface area (Å²) in [6.07, 6.45) is 3.32. The van der Waals surface area contributed by atoms with Crippen LogP contribution in [0, 0.1) is 0 Å². The summed E-state index contributed by atoms with van der Waals surface area (Å²) in [6, 6.07) is 15.3. The van der Waals surface area contributed by atoms with Crippen LogP contribution in [0.4, 0.5) is 0 Å². The van der Waals surface area contributed by atoms with Crippen LogP contribution in [0.5, 0.6) is 5.75 Å². The Morgan fingerprint density at radius 3 is 2.78 bits per heavy atom. The van der Waals surface area contributed by atoms with E-state index in [0.717, 1.165) is 21.3 Å². The van der Waals surface area contributed by atoms with Crippen molar-refractivity contribution in [3.05, 3.63) is 80.5 Å². The molecule has 138 valence electrons. The van der Waals surface area contributed by atoms with E-state index in [9.17, 15) is 4.79 Å². The number of ether oxygens (including phenoxy) is 1. The SMILES string of the molecule is COc1cccc(/C=N/NC(=O)c2nn(Cc3ccc(Br)cc3)cc2Br)c1. The van der Waals surface area contributed by atoms with Crippen LogP contribution in [0.1, 0.15) is 21.6 Å². The minimum atomic E-state index is -0.393. The number of carbonyl (C=O) groups excluding carboxylic acids is 1. The monoisotopic (exact) mass is 490 g/mol. The fraction of sp³-hybridized carbons (Fsp3) is 0.105. The van der Waals surface area contributed by atoms with Crippen molar-refractivity contribution in [1.82, 2.24) is 15.2 Å². The maximum absolute atomic E-state index is 12.3. The van der Waals surface area contributed by atoms with E-state index in [2.05, 4.69) is 47.5 Å². The lowest BCUT2D eigenvalue weighted by molar-refractivity contribution is 0.0948. The first-order valence-corrected chi connectivity index (χ1v) is 9.58. The quantitative estimate of drug-likeness (QED) is 0.414. The van der Waals surface area contributed by atoms with Gasteiger partial charge in [0.15, 0.2) is 5.69 Å². The molecule has 8 heteroatoms. The molecule has 0 fully saturated rings. The third-order valence-corrected chi connectivity index (χ3v) is 4.77. The van der Waals surface area contributed by atoms with Crippen LogP contribution < -0.4 is 10.2 Å². The summed E-state index contributed by atoms with van der Waals surface area (Å²) in [6.45, 7) is 0.562. The Balaban J connectivity index is 1.65. The number of carbonyl (C=O) groups is 1. The third kappa shape index (κ3) is 5.27. The second kappa shape index (κ2) is 8.96. The molecule has 1 amide bonds. The molecule has 0 spiro atoms. The first-order valence-electron chi connectivity index (χ1n) is 8.00. The van der Waals surface area contributed by atoms with Crippen molar-refractivity contribution in [3.63, 3.8) is 0 Å². The van der Waals surface area contributed by atoms with Crippen molar-refractivity contribution in [1.29, 1.82) is 0 Å². The highest BCUT2D eigenvalue weighted by atomic mass is 79.9. The molecule has 6 nitrogen and oxygen atoms in total. The van der Waals surface area contributed by atoms with E-state index < -0.39 is 5.91 Å². The number of amides is 1. The molecule has 3 rings (SSSR count). The number of nitrogens with one attached hydrogen (secondary N) is 1. The summed E-state index contributed by atoms with van der Waals surface area (Å²) in [5.74, 6) is 0.329. The van der Waals surface area contributed by atoms with Gasteiger partial charge in [-0.1, -0.05) is 40.2 Å². The molecule has 2 aromatic carbocycles. The molecule has 0 saturated carbocycles. The van der Waals surface area contributed by atoms with Crippen molar-refractivity contribution in [2.75, 3.05) is 7.11 Å². The molecule has 0 aliphatic carbocycles. The van der Waals surface area contributed by atoms with Crippen molar-refractivity contribution < 1.29 is 9.53 Å². The number of nitrogens with zero attached hydrogens (tertiary/aromatic N) is 3. The van der Waals surface area contributed by atoms with Gasteiger partial charge in [0.25, 0.3) is 5.91 Å². The number of methoxy groups -OCH3 is 1. The maximum Gasteiger partial charge on any atom is 0.293 e. The molecule has 1 aromatic heterocycles. The van der Waals surface area contributed by atoms with Crippen molar-refractivity contribution >= 4 is 44.0 Å². The Bertz CT molecular complexity index is 968. The summed E-state index contributed by atoms with van der Waals surface area (Å²) in [4.78, 5) is 12.3. The summed E-state index contributed by atoms with van der Waals surface area (Å²) in [7, 11) is 1.60. The Morgan fingerprint density at radius 2 is 2.04 bits per heavy atom. The van der Waals surface area contributed by atoms with Crippen LogP contribution in [0.15, 0.2) is 68.8 Å². The first kappa shape index (κ1) is 19.3. The van der Waals surface area contributed by atoms with E-state index in [-0.39, 0.29) is 5.69 Å². The summed E-state index contributed by atoms with van der Waals surface area (Å²) >= 11 is 6.79. The normalized spacial score (nSPS) is 10.9. The number of hydrogen-bond acceptors (Lipinski definition) is 4. The fourth-order valence-corrected chi connectivity index (χ4v) is 3.11. The van der Waals surface area contributed by atoms with Crippen LogP contribution in [0.25, 0.3) is 0 Å². The van der Waals surface area contributed by atoms with E-state index in [0.29, 0.717) is 11.0 Å². The average molecular weight is 492 g/mol. The lowest BCUT2D eigenvalue weighted by atomic mass is 10.2. The molecule has 1 N–H and O–H groups in total. The van der Waals surface area contributed by atoms with Crippen LogP contribution in [-0.4, -0.2) is 29.0 Å². The number of rotatable bonds is 6. The van der Waals surface area contributed by atoms with Gasteiger partial charge in [-0.25, -0.2) is 5.43 Å². The van der Waals surface area contributed by atoms with E-state index >= 15 is 0 Å². The third-order valence-electron chi connectivity index (χ3n) is 3.66. The molecule has 0 bridgehead atoms. The van der Waals surface area contributed by atoms with E-state index in [1.54, 1.807) is 24.2 Å². The standard InChI is InChI=1S/C19H16Br2N4O2/c1-27-16-4-2-3-14(9-16)10-22-23-19(26)18-17(21)12-25(24-18)11-13-5-7-15(20)8-6-13/h2-10,12H,11H2,1H3,(H,23,26)/b22-10+. The topological polar surface area (TPSA) is 68.5 Å². The Labute approximate surface area is 173 Å². The predicted molar refractivity (Wildman–Crippen MR) is 111 cm³/mol. The number of halogens is 2. The zero-order valence-electron chi connectivity index (χ0n) is 14.4. The molecule has 0 aliphatic heterocycles. The van der Waals surface area contributed by atoms with Gasteiger partial charge in [0.1, 0.15) is 5.75 Å². The summed E-state index contributed by atoms with van der Waals surface area (Å²) < 4.78 is 8.48. The van der Waals surface area contributed by atoms with Gasteiger partial charge in [-0.2, -0.15) is 10.2 Å². The van der Waals surface area contributed by atoms with Crippen LogP contribution in [0.3, 0.4) is 0 Å². The lowest BCUT2D eigenvalue weighted by Gasteiger charge is -2.02. The molecular weight excluding hydrogens is 476 g/mol. The fourth-order valence-electron chi connectivity index (χ4n) is 2.35. The van der Waals surface area contributed by atoms with Crippen LogP contribution >= 0.6 is 31.9 Å². The van der Waals surface area contributed by atoms with Crippen LogP contribution in [-0.2, 0) is 6.54 Å². The van der Waals surface area contributed by atoms with E-state index in [1.807, 2.05) is 48.5 Å². The van der Waals surface area contributed by atoms with Gasteiger partial charge < -0.3 is 4.74 Å². The van der Waals surface area contributed by atoms with E-state index in [4.69, 9.17) is 4.74 Å². The van der Waals surface area contributed by atoms with Gasteiger partial charge in [0, 0.05) is 10.7 Å². The van der Waals surface area contributed by atoms with E-state index in [1.165, 1.54) is 0 Å². The molecule has 0 atom stereocenters. The molecule has 3 aromatic rings. The first-order chi connectivity index (χ1) is 13.0. The summed E-state index contributed by atoms with van der Waals surface area (Å²) in [5.41, 5.74) is 4.66. The number of hydrogen-bond donors (Lipinski definition) is 1. The smallest absolute Gasteiger partial charge is 0.293 e. The minimum Gasteiger partial charge on any atom is -0.497 e. The second-order valence-corrected chi connectivity index (χ2v) is 7.40. The zero-order chi connectivity index (χ0) is 19.2. The van der Waals surface area contributed by atoms with Crippen molar-refractivity contribution in [2.24, 2.45) is 5.10 Å². The highest BCUT2D eigenvalue weighted by Gasteiger charge is 2.14. The second-order valence-electron chi connectivity index (χ2n) is 5.63. The van der Waals surface area contributed by atoms with Gasteiger partial charge in [-0.05, 0) is 51.3 Å². The van der Waals surface area contributed by atoms with Crippen molar-refractivity contribution in [3.8, 4) is 5.75 Å². The van der Waals surface area contributed by atoms with Crippen LogP contribution in [0.2, 0.25) is 0 Å². The number of aromatic nitrogens is 2. The number of hydrazone groups is 1. The zero-order valence-corrected chi connectivity index (χ0v) is 17.6. The average Bonchev–Trinajstić information content (AvgIpc) is 3.04. The highest BCUT2D eigenvalue weighted by molar-refractivity contribution is 9.10. The van der Waals surface area contributed by atoms with Gasteiger partial charge in [0.05, 0.1) is 24.3 Å².